The number of carbonyl (C=O) groups is 1. The molecule has 0 N–H and O–H groups in total. The van der Waals surface area contributed by atoms with Crippen LogP contribution in [0.4, 0.5) is 11.4 Å². The van der Waals surface area contributed by atoms with Crippen molar-refractivity contribution >= 4 is 28.6 Å². The molecule has 0 fully saturated rings. The van der Waals surface area contributed by atoms with Crippen molar-refractivity contribution in [1.29, 1.82) is 0 Å². The first-order valence-corrected chi connectivity index (χ1v) is 6.32. The van der Waals surface area contributed by atoms with Crippen LogP contribution in [0.2, 0.25) is 0 Å². The molecule has 0 radical (unpaired) electrons. The SMILES string of the molecule is O=CN1c2ccccc2S(=O)c2ccccc21. The summed E-state index contributed by atoms with van der Waals surface area (Å²) in [5, 5.41) is 0. The summed E-state index contributed by atoms with van der Waals surface area (Å²) in [5.41, 5.74) is 1.39. The number of nitrogens with zero attached hydrogens (tertiary/aromatic N) is 1. The van der Waals surface area contributed by atoms with Gasteiger partial charge >= 0.3 is 0 Å². The Morgan fingerprint density at radius 2 is 1.35 bits per heavy atom. The molecule has 1 heterocycles. The zero-order chi connectivity index (χ0) is 11.8. The maximum Gasteiger partial charge on any atom is 0.218 e. The van der Waals surface area contributed by atoms with Crippen molar-refractivity contribution in [3.8, 4) is 0 Å². The Balaban J connectivity index is 2.33. The van der Waals surface area contributed by atoms with Gasteiger partial charge in [0.05, 0.1) is 32.0 Å². The predicted molar refractivity (Wildman–Crippen MR) is 65.8 cm³/mol. The van der Waals surface area contributed by atoms with Crippen molar-refractivity contribution in [1.82, 2.24) is 0 Å². The van der Waals surface area contributed by atoms with Crippen molar-refractivity contribution in [3.63, 3.8) is 0 Å². The van der Waals surface area contributed by atoms with Gasteiger partial charge in [0, 0.05) is 0 Å². The fourth-order valence-electron chi connectivity index (χ4n) is 1.99. The van der Waals surface area contributed by atoms with Gasteiger partial charge in [-0.25, -0.2) is 4.21 Å². The second kappa shape index (κ2) is 3.82. The standard InChI is InChI=1S/C13H9NO2S/c15-9-14-10-5-1-3-7-12(10)17(16)13-8-4-2-6-11(13)14/h1-9H. The fraction of sp³-hybridized carbons (Fsp3) is 0. The van der Waals surface area contributed by atoms with Gasteiger partial charge in [0.15, 0.2) is 0 Å². The molecule has 84 valence electrons. The summed E-state index contributed by atoms with van der Waals surface area (Å²) in [7, 11) is -1.21. The molecule has 1 amide bonds. The first kappa shape index (κ1) is 10.2. The van der Waals surface area contributed by atoms with Crippen molar-refractivity contribution in [2.75, 3.05) is 4.90 Å². The van der Waals surface area contributed by atoms with Crippen LogP contribution >= 0.6 is 0 Å². The van der Waals surface area contributed by atoms with Gasteiger partial charge in [0.2, 0.25) is 6.41 Å². The van der Waals surface area contributed by atoms with E-state index in [1.165, 1.54) is 4.90 Å². The van der Waals surface area contributed by atoms with Gasteiger partial charge in [0.1, 0.15) is 0 Å². The molecule has 0 aliphatic carbocycles. The van der Waals surface area contributed by atoms with Crippen LogP contribution in [0.15, 0.2) is 58.3 Å². The number of para-hydroxylation sites is 2. The molecule has 0 atom stereocenters. The summed E-state index contributed by atoms with van der Waals surface area (Å²) in [5.74, 6) is 0. The number of benzene rings is 2. The zero-order valence-electron chi connectivity index (χ0n) is 8.87. The molecule has 0 unspecified atom stereocenters. The molecule has 0 aromatic heterocycles. The third-order valence-electron chi connectivity index (χ3n) is 2.75. The molecule has 2 aromatic carbocycles. The number of fused-ring (bicyclic) bond motifs is 2. The molecule has 0 saturated heterocycles. The Morgan fingerprint density at radius 3 is 1.82 bits per heavy atom. The number of anilines is 2. The average Bonchev–Trinajstić information content (AvgIpc) is 2.40. The minimum absolute atomic E-state index is 0.679. The summed E-state index contributed by atoms with van der Waals surface area (Å²) >= 11 is 0. The number of amides is 1. The number of carbonyl (C=O) groups excluding carboxylic acids is 1. The van der Waals surface area contributed by atoms with Crippen LogP contribution in [0.1, 0.15) is 0 Å². The van der Waals surface area contributed by atoms with Gasteiger partial charge < -0.3 is 0 Å². The lowest BCUT2D eigenvalue weighted by Gasteiger charge is -2.27. The summed E-state index contributed by atoms with van der Waals surface area (Å²) in [4.78, 5) is 14.1. The normalized spacial score (nSPS) is 14.0. The summed E-state index contributed by atoms with van der Waals surface area (Å²) in [6.45, 7) is 0. The van der Waals surface area contributed by atoms with E-state index in [-0.39, 0.29) is 0 Å². The van der Waals surface area contributed by atoms with Crippen LogP contribution < -0.4 is 4.90 Å². The molecular formula is C13H9NO2S. The third kappa shape index (κ3) is 1.41. The first-order valence-electron chi connectivity index (χ1n) is 5.17. The van der Waals surface area contributed by atoms with Crippen LogP contribution in [0.5, 0.6) is 0 Å². The Hall–Kier alpha value is -1.94. The van der Waals surface area contributed by atoms with Crippen LogP contribution in [-0.4, -0.2) is 10.6 Å². The van der Waals surface area contributed by atoms with Crippen LogP contribution in [0, 0.1) is 0 Å². The summed E-state index contributed by atoms with van der Waals surface area (Å²) < 4.78 is 12.3. The smallest absolute Gasteiger partial charge is 0.218 e. The fourth-order valence-corrected chi connectivity index (χ4v) is 3.34. The predicted octanol–water partition coefficient (Wildman–Crippen LogP) is 2.46. The van der Waals surface area contributed by atoms with E-state index in [2.05, 4.69) is 0 Å². The largest absolute Gasteiger partial charge is 0.281 e. The molecule has 3 rings (SSSR count). The van der Waals surface area contributed by atoms with Gasteiger partial charge in [-0.05, 0) is 24.3 Å². The van der Waals surface area contributed by atoms with Gasteiger partial charge in [-0.15, -0.1) is 0 Å². The molecule has 4 heteroatoms. The monoisotopic (exact) mass is 243 g/mol. The average molecular weight is 243 g/mol. The van der Waals surface area contributed by atoms with E-state index in [1.54, 1.807) is 24.3 Å². The summed E-state index contributed by atoms with van der Waals surface area (Å²) in [6.07, 6.45) is 0.758. The third-order valence-corrected chi connectivity index (χ3v) is 4.24. The Bertz CT molecular complexity index is 575. The second-order valence-corrected chi connectivity index (χ2v) is 5.10. The highest BCUT2D eigenvalue weighted by Gasteiger charge is 2.26. The molecule has 0 spiro atoms. The van der Waals surface area contributed by atoms with E-state index in [9.17, 15) is 9.00 Å². The Morgan fingerprint density at radius 1 is 0.882 bits per heavy atom. The van der Waals surface area contributed by atoms with Crippen molar-refractivity contribution in [3.05, 3.63) is 48.5 Å². The van der Waals surface area contributed by atoms with Crippen LogP contribution in [0.25, 0.3) is 0 Å². The van der Waals surface area contributed by atoms with E-state index in [0.717, 1.165) is 6.41 Å². The molecule has 17 heavy (non-hydrogen) atoms. The van der Waals surface area contributed by atoms with E-state index >= 15 is 0 Å². The van der Waals surface area contributed by atoms with Gasteiger partial charge in [-0.3, -0.25) is 9.69 Å². The maximum atomic E-state index is 12.3. The van der Waals surface area contributed by atoms with Crippen LogP contribution in [0.3, 0.4) is 0 Å². The van der Waals surface area contributed by atoms with E-state index in [1.807, 2.05) is 24.3 Å². The van der Waals surface area contributed by atoms with E-state index in [4.69, 9.17) is 0 Å². The second-order valence-electron chi connectivity index (χ2n) is 3.68. The number of hydrogen-bond donors (Lipinski definition) is 0. The van der Waals surface area contributed by atoms with E-state index < -0.39 is 10.8 Å². The highest BCUT2D eigenvalue weighted by molar-refractivity contribution is 7.85. The molecular weight excluding hydrogens is 234 g/mol. The quantitative estimate of drug-likeness (QED) is 0.721. The summed E-state index contributed by atoms with van der Waals surface area (Å²) in [6, 6.07) is 14.5. The molecule has 0 saturated carbocycles. The Labute approximate surface area is 101 Å². The minimum Gasteiger partial charge on any atom is -0.281 e. The zero-order valence-corrected chi connectivity index (χ0v) is 9.68. The lowest BCUT2D eigenvalue weighted by atomic mass is 10.2. The first-order chi connectivity index (χ1) is 8.33. The molecule has 3 nitrogen and oxygen atoms in total. The highest BCUT2D eigenvalue weighted by Crippen LogP contribution is 2.40. The molecule has 2 aromatic rings. The van der Waals surface area contributed by atoms with Crippen LogP contribution in [-0.2, 0) is 15.6 Å². The van der Waals surface area contributed by atoms with Gasteiger partial charge in [-0.2, -0.15) is 0 Å². The number of rotatable bonds is 1. The van der Waals surface area contributed by atoms with E-state index in [0.29, 0.717) is 21.2 Å². The lowest BCUT2D eigenvalue weighted by Crippen LogP contribution is -2.22. The van der Waals surface area contributed by atoms with Crippen molar-refractivity contribution in [2.24, 2.45) is 0 Å². The van der Waals surface area contributed by atoms with Crippen molar-refractivity contribution in [2.45, 2.75) is 9.79 Å². The number of hydrogen-bond acceptors (Lipinski definition) is 2. The highest BCUT2D eigenvalue weighted by atomic mass is 32.2. The molecule has 0 bridgehead atoms. The van der Waals surface area contributed by atoms with Gasteiger partial charge in [-0.1, -0.05) is 24.3 Å². The van der Waals surface area contributed by atoms with Gasteiger partial charge in [0.25, 0.3) is 0 Å². The molecule has 1 aliphatic heterocycles. The minimum atomic E-state index is -1.21. The lowest BCUT2D eigenvalue weighted by molar-refractivity contribution is -0.106. The molecule has 1 aliphatic rings. The van der Waals surface area contributed by atoms with Crippen molar-refractivity contribution < 1.29 is 9.00 Å². The Kier molecular flexibility index (Phi) is 2.30. The maximum absolute atomic E-state index is 12.3. The topological polar surface area (TPSA) is 37.4 Å².